The molecule has 0 aliphatic heterocycles. The number of hydrogen-bond acceptors (Lipinski definition) is 4. The van der Waals surface area contributed by atoms with Crippen molar-refractivity contribution in [3.8, 4) is 0 Å². The van der Waals surface area contributed by atoms with Crippen molar-refractivity contribution in [3.05, 3.63) is 5.82 Å². The van der Waals surface area contributed by atoms with Gasteiger partial charge in [-0.05, 0) is 38.5 Å². The van der Waals surface area contributed by atoms with E-state index < -0.39 is 0 Å². The van der Waals surface area contributed by atoms with Gasteiger partial charge in [-0.25, -0.2) is 0 Å². The summed E-state index contributed by atoms with van der Waals surface area (Å²) < 4.78 is 2.32. The van der Waals surface area contributed by atoms with E-state index in [9.17, 15) is 4.79 Å². The van der Waals surface area contributed by atoms with Crippen LogP contribution in [0, 0.1) is 0 Å². The number of amides is 1. The van der Waals surface area contributed by atoms with E-state index in [1.165, 1.54) is 57.2 Å². The van der Waals surface area contributed by atoms with Gasteiger partial charge >= 0.3 is 0 Å². The zero-order valence-corrected chi connectivity index (χ0v) is 14.5. The smallest absolute Gasteiger partial charge is 0.230 e. The Kier molecular flexibility index (Phi) is 4.60. The highest BCUT2D eigenvalue weighted by molar-refractivity contribution is 7.99. The number of thioether (sulfide) groups is 1. The summed E-state index contributed by atoms with van der Waals surface area (Å²) in [6.45, 7) is 0. The predicted octanol–water partition coefficient (Wildman–Crippen LogP) is 3.42. The number of nitrogens with one attached hydrogen (secondary N) is 1. The van der Waals surface area contributed by atoms with Crippen LogP contribution in [-0.2, 0) is 4.79 Å². The van der Waals surface area contributed by atoms with Crippen LogP contribution >= 0.6 is 11.8 Å². The third-order valence-electron chi connectivity index (χ3n) is 5.10. The van der Waals surface area contributed by atoms with Crippen molar-refractivity contribution >= 4 is 17.7 Å². The van der Waals surface area contributed by atoms with Gasteiger partial charge in [0.05, 0.1) is 5.75 Å². The standard InChI is InChI=1S/C17H26N4OS/c22-15(18-13-5-3-1-2-4-6-13)11-23-17-20-19-16(12-7-8-12)21(17)14-9-10-14/h12-14H,1-11H2,(H,18,22). The number of carbonyl (C=O) groups excluding carboxylic acids is 1. The predicted molar refractivity (Wildman–Crippen MR) is 90.6 cm³/mol. The fraction of sp³-hybridized carbons (Fsp3) is 0.824. The highest BCUT2D eigenvalue weighted by atomic mass is 32.2. The van der Waals surface area contributed by atoms with Crippen LogP contribution in [0.1, 0.15) is 82.0 Å². The van der Waals surface area contributed by atoms with Gasteiger partial charge in [0.2, 0.25) is 5.91 Å². The number of hydrogen-bond donors (Lipinski definition) is 1. The molecule has 0 atom stereocenters. The molecule has 1 amide bonds. The number of carbonyl (C=O) groups is 1. The Balaban J connectivity index is 1.32. The maximum absolute atomic E-state index is 12.3. The molecule has 3 aliphatic carbocycles. The molecule has 3 saturated carbocycles. The van der Waals surface area contributed by atoms with Gasteiger partial charge in [-0.15, -0.1) is 10.2 Å². The molecule has 0 saturated heterocycles. The maximum Gasteiger partial charge on any atom is 0.230 e. The van der Waals surface area contributed by atoms with Crippen LogP contribution in [-0.4, -0.2) is 32.5 Å². The summed E-state index contributed by atoms with van der Waals surface area (Å²) in [7, 11) is 0. The van der Waals surface area contributed by atoms with Crippen molar-refractivity contribution in [1.29, 1.82) is 0 Å². The van der Waals surface area contributed by atoms with Crippen LogP contribution in [0.5, 0.6) is 0 Å². The third kappa shape index (κ3) is 3.90. The summed E-state index contributed by atoms with van der Waals surface area (Å²) in [5.41, 5.74) is 0. The molecule has 4 rings (SSSR count). The Bertz CT molecular complexity index is 557. The Morgan fingerprint density at radius 2 is 1.78 bits per heavy atom. The Hall–Kier alpha value is -1.04. The lowest BCUT2D eigenvalue weighted by Gasteiger charge is -2.16. The Morgan fingerprint density at radius 1 is 1.04 bits per heavy atom. The molecular formula is C17H26N4OS. The topological polar surface area (TPSA) is 59.8 Å². The van der Waals surface area contributed by atoms with Crippen LogP contribution in [0.2, 0.25) is 0 Å². The van der Waals surface area contributed by atoms with Crippen molar-refractivity contribution < 1.29 is 4.79 Å². The molecule has 0 bridgehead atoms. The first-order chi connectivity index (χ1) is 11.3. The lowest BCUT2D eigenvalue weighted by atomic mass is 10.1. The second-order valence-electron chi connectivity index (χ2n) is 7.26. The molecule has 23 heavy (non-hydrogen) atoms. The van der Waals surface area contributed by atoms with Crippen molar-refractivity contribution in [2.75, 3.05) is 5.75 Å². The molecule has 0 spiro atoms. The van der Waals surface area contributed by atoms with Crippen LogP contribution < -0.4 is 5.32 Å². The van der Waals surface area contributed by atoms with Crippen LogP contribution in [0.25, 0.3) is 0 Å². The average Bonchev–Trinajstić information content (AvgIpc) is 3.44. The number of nitrogens with zero attached hydrogens (tertiary/aromatic N) is 3. The SMILES string of the molecule is O=C(CSc1nnc(C2CC2)n1C1CC1)NC1CCCCCC1. The van der Waals surface area contributed by atoms with E-state index in [1.807, 2.05) is 0 Å². The third-order valence-corrected chi connectivity index (χ3v) is 6.04. The first-order valence-corrected chi connectivity index (χ1v) is 10.2. The largest absolute Gasteiger partial charge is 0.353 e. The fourth-order valence-corrected chi connectivity index (χ4v) is 4.33. The summed E-state index contributed by atoms with van der Waals surface area (Å²) in [5.74, 6) is 2.41. The summed E-state index contributed by atoms with van der Waals surface area (Å²) in [6.07, 6.45) is 12.4. The van der Waals surface area contributed by atoms with Gasteiger partial charge in [0.25, 0.3) is 0 Å². The molecule has 1 aromatic rings. The maximum atomic E-state index is 12.3. The molecule has 0 unspecified atom stereocenters. The zero-order valence-electron chi connectivity index (χ0n) is 13.7. The minimum absolute atomic E-state index is 0.153. The molecule has 0 radical (unpaired) electrons. The van der Waals surface area contributed by atoms with Gasteiger partial charge in [-0.3, -0.25) is 4.79 Å². The molecule has 126 valence electrons. The van der Waals surface area contributed by atoms with Crippen molar-refractivity contribution in [1.82, 2.24) is 20.1 Å². The van der Waals surface area contributed by atoms with Crippen LogP contribution in [0.3, 0.4) is 0 Å². The van der Waals surface area contributed by atoms with E-state index >= 15 is 0 Å². The van der Waals surface area contributed by atoms with Gasteiger partial charge in [0.15, 0.2) is 5.16 Å². The summed E-state index contributed by atoms with van der Waals surface area (Å²) in [6, 6.07) is 0.974. The summed E-state index contributed by atoms with van der Waals surface area (Å²) in [5, 5.41) is 12.9. The van der Waals surface area contributed by atoms with Crippen LogP contribution in [0.4, 0.5) is 0 Å². The minimum Gasteiger partial charge on any atom is -0.353 e. The normalized spacial score (nSPS) is 22.8. The fourth-order valence-electron chi connectivity index (χ4n) is 3.51. The number of rotatable bonds is 6. The quantitative estimate of drug-likeness (QED) is 0.640. The van der Waals surface area contributed by atoms with E-state index in [4.69, 9.17) is 0 Å². The Morgan fingerprint density at radius 3 is 2.43 bits per heavy atom. The van der Waals surface area contributed by atoms with E-state index in [2.05, 4.69) is 20.1 Å². The Labute approximate surface area is 142 Å². The molecule has 3 fully saturated rings. The highest BCUT2D eigenvalue weighted by Gasteiger charge is 2.36. The monoisotopic (exact) mass is 334 g/mol. The molecular weight excluding hydrogens is 308 g/mol. The second-order valence-corrected chi connectivity index (χ2v) is 8.20. The van der Waals surface area contributed by atoms with Gasteiger partial charge in [0.1, 0.15) is 5.82 Å². The first kappa shape index (κ1) is 15.5. The van der Waals surface area contributed by atoms with Gasteiger partial charge in [0, 0.05) is 18.0 Å². The number of aromatic nitrogens is 3. The van der Waals surface area contributed by atoms with E-state index in [0.29, 0.717) is 23.8 Å². The van der Waals surface area contributed by atoms with E-state index in [-0.39, 0.29) is 5.91 Å². The second kappa shape index (κ2) is 6.83. The molecule has 1 N–H and O–H groups in total. The zero-order chi connectivity index (χ0) is 15.6. The van der Waals surface area contributed by atoms with Gasteiger partial charge in [-0.2, -0.15) is 0 Å². The highest BCUT2D eigenvalue weighted by Crippen LogP contribution is 2.45. The molecule has 1 heterocycles. The van der Waals surface area contributed by atoms with E-state index in [0.717, 1.165) is 18.0 Å². The van der Waals surface area contributed by atoms with Crippen molar-refractivity contribution in [2.45, 2.75) is 87.4 Å². The summed E-state index contributed by atoms with van der Waals surface area (Å²) in [4.78, 5) is 12.3. The molecule has 5 nitrogen and oxygen atoms in total. The van der Waals surface area contributed by atoms with Gasteiger partial charge < -0.3 is 9.88 Å². The molecule has 3 aliphatic rings. The summed E-state index contributed by atoms with van der Waals surface area (Å²) >= 11 is 1.56. The van der Waals surface area contributed by atoms with E-state index in [1.54, 1.807) is 11.8 Å². The molecule has 1 aromatic heterocycles. The average molecular weight is 334 g/mol. The van der Waals surface area contributed by atoms with Crippen molar-refractivity contribution in [2.24, 2.45) is 0 Å². The first-order valence-electron chi connectivity index (χ1n) is 9.18. The molecule has 0 aromatic carbocycles. The minimum atomic E-state index is 0.153. The lowest BCUT2D eigenvalue weighted by Crippen LogP contribution is -2.35. The lowest BCUT2D eigenvalue weighted by molar-refractivity contribution is -0.119. The van der Waals surface area contributed by atoms with Crippen molar-refractivity contribution in [3.63, 3.8) is 0 Å². The van der Waals surface area contributed by atoms with Crippen LogP contribution in [0.15, 0.2) is 5.16 Å². The molecule has 6 heteroatoms. The van der Waals surface area contributed by atoms with Gasteiger partial charge in [-0.1, -0.05) is 37.4 Å².